The second-order valence-electron chi connectivity index (χ2n) is 3.35. The van der Waals surface area contributed by atoms with E-state index >= 15 is 0 Å². The highest BCUT2D eigenvalue weighted by Crippen LogP contribution is 2.23. The van der Waals surface area contributed by atoms with Crippen molar-refractivity contribution in [2.24, 2.45) is 0 Å². The molecule has 1 aliphatic rings. The van der Waals surface area contributed by atoms with Crippen LogP contribution in [0.25, 0.3) is 10.8 Å². The molecule has 0 atom stereocenters. The smallest absolute Gasteiger partial charge is 0.277 e. The summed E-state index contributed by atoms with van der Waals surface area (Å²) in [6, 6.07) is 7.37. The number of aromatic nitrogens is 1. The van der Waals surface area contributed by atoms with Gasteiger partial charge in [0.2, 0.25) is 0 Å². The van der Waals surface area contributed by atoms with Gasteiger partial charge in [0.25, 0.3) is 11.8 Å². The van der Waals surface area contributed by atoms with Crippen LogP contribution < -0.4 is 5.32 Å². The molecule has 0 fully saturated rings. The minimum absolute atomic E-state index is 0.221. The van der Waals surface area contributed by atoms with Crippen LogP contribution in [0.4, 0.5) is 0 Å². The first kappa shape index (κ1) is 8.11. The van der Waals surface area contributed by atoms with E-state index in [0.717, 1.165) is 10.8 Å². The van der Waals surface area contributed by atoms with E-state index in [1.807, 2.05) is 24.3 Å². The van der Waals surface area contributed by atoms with Crippen molar-refractivity contribution in [2.75, 3.05) is 0 Å². The Hall–Kier alpha value is -2.23. The monoisotopic (exact) mass is 198 g/mol. The molecule has 2 aromatic rings. The normalized spacial score (nSPS) is 14.1. The molecule has 0 saturated heterocycles. The minimum atomic E-state index is -0.416. The maximum absolute atomic E-state index is 11.5. The molecule has 0 bridgehead atoms. The van der Waals surface area contributed by atoms with E-state index in [0.29, 0.717) is 5.56 Å². The molecule has 0 spiro atoms. The van der Waals surface area contributed by atoms with Crippen molar-refractivity contribution in [1.29, 1.82) is 0 Å². The molecule has 2 heterocycles. The molecule has 1 aromatic heterocycles. The summed E-state index contributed by atoms with van der Waals surface area (Å²) in [5.74, 6) is -0.778. The van der Waals surface area contributed by atoms with Gasteiger partial charge in [-0.25, -0.2) is 4.98 Å². The average molecular weight is 198 g/mol. The summed E-state index contributed by atoms with van der Waals surface area (Å²) in [4.78, 5) is 26.8. The van der Waals surface area contributed by atoms with Gasteiger partial charge in [0, 0.05) is 11.6 Å². The van der Waals surface area contributed by atoms with Gasteiger partial charge in [-0.2, -0.15) is 0 Å². The summed E-state index contributed by atoms with van der Waals surface area (Å²) in [6.45, 7) is 0. The third-order valence-electron chi connectivity index (χ3n) is 2.47. The number of imide groups is 1. The molecule has 1 aromatic carbocycles. The largest absolute Gasteiger partial charge is 0.287 e. The van der Waals surface area contributed by atoms with E-state index in [1.54, 1.807) is 6.20 Å². The first-order chi connectivity index (χ1) is 7.27. The molecule has 15 heavy (non-hydrogen) atoms. The molecular weight excluding hydrogens is 192 g/mol. The lowest BCUT2D eigenvalue weighted by Crippen LogP contribution is -2.20. The molecule has 3 rings (SSSR count). The van der Waals surface area contributed by atoms with Crippen molar-refractivity contribution in [2.45, 2.75) is 0 Å². The topological polar surface area (TPSA) is 59.1 Å². The number of fused-ring (bicyclic) bond motifs is 3. The predicted octanol–water partition coefficient (Wildman–Crippen LogP) is 1.12. The molecule has 1 N–H and O–H groups in total. The number of hydrogen-bond donors (Lipinski definition) is 1. The van der Waals surface area contributed by atoms with Crippen LogP contribution >= 0.6 is 0 Å². The fraction of sp³-hybridized carbons (Fsp3) is 0. The number of carbonyl (C=O) groups is 2. The Bertz CT molecular complexity index is 605. The van der Waals surface area contributed by atoms with Gasteiger partial charge in [-0.05, 0) is 5.39 Å². The SMILES string of the molecule is O=C1NC(=O)c2c1ncc1ccccc21. The van der Waals surface area contributed by atoms with Crippen LogP contribution in [0.15, 0.2) is 30.5 Å². The number of carbonyl (C=O) groups excluding carboxylic acids is 2. The molecule has 0 saturated carbocycles. The Labute approximate surface area is 84.9 Å². The molecule has 2 amide bonds. The van der Waals surface area contributed by atoms with Crippen LogP contribution in [0.1, 0.15) is 20.8 Å². The van der Waals surface area contributed by atoms with E-state index in [1.165, 1.54) is 0 Å². The molecular formula is C11H6N2O2. The van der Waals surface area contributed by atoms with E-state index in [9.17, 15) is 9.59 Å². The molecule has 0 radical (unpaired) electrons. The number of pyridine rings is 1. The average Bonchev–Trinajstić information content (AvgIpc) is 2.55. The third-order valence-corrected chi connectivity index (χ3v) is 2.47. The summed E-state index contributed by atoms with van der Waals surface area (Å²) in [5, 5.41) is 3.87. The van der Waals surface area contributed by atoms with Crippen molar-refractivity contribution in [1.82, 2.24) is 10.3 Å². The summed E-state index contributed by atoms with van der Waals surface area (Å²) >= 11 is 0. The highest BCUT2D eigenvalue weighted by Gasteiger charge is 2.29. The Kier molecular flexibility index (Phi) is 1.42. The lowest BCUT2D eigenvalue weighted by molar-refractivity contribution is 0.0878. The van der Waals surface area contributed by atoms with Gasteiger partial charge < -0.3 is 0 Å². The van der Waals surface area contributed by atoms with Gasteiger partial charge >= 0.3 is 0 Å². The summed E-state index contributed by atoms with van der Waals surface area (Å²) < 4.78 is 0. The number of benzene rings is 1. The zero-order valence-electron chi connectivity index (χ0n) is 7.65. The molecule has 0 unspecified atom stereocenters. The number of amides is 2. The Morgan fingerprint density at radius 1 is 1.07 bits per heavy atom. The Balaban J connectivity index is 2.49. The van der Waals surface area contributed by atoms with E-state index < -0.39 is 5.91 Å². The number of hydrogen-bond acceptors (Lipinski definition) is 3. The lowest BCUT2D eigenvalue weighted by Gasteiger charge is -1.99. The van der Waals surface area contributed by atoms with Crippen LogP contribution in [0.2, 0.25) is 0 Å². The van der Waals surface area contributed by atoms with Crippen LogP contribution in [0.3, 0.4) is 0 Å². The summed E-state index contributed by atoms with van der Waals surface area (Å²) in [5.41, 5.74) is 0.608. The Morgan fingerprint density at radius 2 is 1.87 bits per heavy atom. The molecule has 1 aliphatic heterocycles. The van der Waals surface area contributed by atoms with Crippen LogP contribution in [0, 0.1) is 0 Å². The van der Waals surface area contributed by atoms with Crippen LogP contribution in [-0.4, -0.2) is 16.8 Å². The zero-order chi connectivity index (χ0) is 10.4. The number of nitrogens with zero attached hydrogens (tertiary/aromatic N) is 1. The standard InChI is InChI=1S/C11H6N2O2/c14-10-8-7-4-2-1-3-6(7)5-12-9(8)11(15)13-10/h1-5H,(H,13,14,15). The van der Waals surface area contributed by atoms with Crippen molar-refractivity contribution < 1.29 is 9.59 Å². The van der Waals surface area contributed by atoms with Gasteiger partial charge in [-0.3, -0.25) is 14.9 Å². The second kappa shape index (κ2) is 2.63. The van der Waals surface area contributed by atoms with E-state index in [4.69, 9.17) is 0 Å². The van der Waals surface area contributed by atoms with Crippen molar-refractivity contribution >= 4 is 22.6 Å². The molecule has 72 valence electrons. The fourth-order valence-corrected chi connectivity index (χ4v) is 1.79. The van der Waals surface area contributed by atoms with Gasteiger partial charge in [0.15, 0.2) is 0 Å². The van der Waals surface area contributed by atoms with Crippen LogP contribution in [-0.2, 0) is 0 Å². The lowest BCUT2D eigenvalue weighted by atomic mass is 10.1. The van der Waals surface area contributed by atoms with Crippen molar-refractivity contribution in [3.8, 4) is 0 Å². The second-order valence-corrected chi connectivity index (χ2v) is 3.35. The summed E-state index contributed by atoms with van der Waals surface area (Å²) in [6.07, 6.45) is 1.60. The quantitative estimate of drug-likeness (QED) is 0.645. The highest BCUT2D eigenvalue weighted by molar-refractivity contribution is 6.25. The van der Waals surface area contributed by atoms with Crippen molar-refractivity contribution in [3.05, 3.63) is 41.7 Å². The summed E-state index contributed by atoms with van der Waals surface area (Å²) in [7, 11) is 0. The minimum Gasteiger partial charge on any atom is -0.287 e. The van der Waals surface area contributed by atoms with Gasteiger partial charge in [0.1, 0.15) is 5.69 Å². The van der Waals surface area contributed by atoms with E-state index in [-0.39, 0.29) is 11.6 Å². The van der Waals surface area contributed by atoms with E-state index in [2.05, 4.69) is 10.3 Å². The molecule has 4 nitrogen and oxygen atoms in total. The van der Waals surface area contributed by atoms with Gasteiger partial charge in [0.05, 0.1) is 5.56 Å². The maximum Gasteiger partial charge on any atom is 0.277 e. The van der Waals surface area contributed by atoms with Gasteiger partial charge in [-0.15, -0.1) is 0 Å². The van der Waals surface area contributed by atoms with Crippen LogP contribution in [0.5, 0.6) is 0 Å². The molecule has 0 aliphatic carbocycles. The Morgan fingerprint density at radius 3 is 2.73 bits per heavy atom. The highest BCUT2D eigenvalue weighted by atomic mass is 16.2. The first-order valence-electron chi connectivity index (χ1n) is 4.51. The third kappa shape index (κ3) is 0.985. The molecule has 4 heteroatoms. The number of rotatable bonds is 0. The first-order valence-corrected chi connectivity index (χ1v) is 4.51. The maximum atomic E-state index is 11.5. The zero-order valence-corrected chi connectivity index (χ0v) is 7.65. The number of nitrogens with one attached hydrogen (secondary N) is 1. The van der Waals surface area contributed by atoms with Gasteiger partial charge in [-0.1, -0.05) is 24.3 Å². The predicted molar refractivity (Wildman–Crippen MR) is 53.5 cm³/mol. The fourth-order valence-electron chi connectivity index (χ4n) is 1.79. The van der Waals surface area contributed by atoms with Crippen molar-refractivity contribution in [3.63, 3.8) is 0 Å².